The van der Waals surface area contributed by atoms with Crippen molar-refractivity contribution in [2.75, 3.05) is 40.6 Å². The van der Waals surface area contributed by atoms with Crippen molar-refractivity contribution in [2.45, 2.75) is 79.4 Å². The van der Waals surface area contributed by atoms with Crippen LogP contribution in [0.25, 0.3) is 28.4 Å². The van der Waals surface area contributed by atoms with Crippen LogP contribution in [0, 0.1) is 0 Å². The summed E-state index contributed by atoms with van der Waals surface area (Å²) in [5, 5.41) is 137. The van der Waals surface area contributed by atoms with Crippen LogP contribution >= 0.6 is 0 Å². The van der Waals surface area contributed by atoms with Gasteiger partial charge in [-0.3, -0.25) is 4.79 Å². The topological polar surface area (TPSA) is 393 Å². The molecule has 0 radical (unpaired) electrons. The normalized spacial score (nSPS) is 30.7. The fraction of sp³-hybridized carbons (Fsp3) is 0.442. The summed E-state index contributed by atoms with van der Waals surface area (Å²) in [6.07, 6.45) is -21.0. The fourth-order valence-electron chi connectivity index (χ4n) is 7.55. The number of aliphatic hydroxyl groups is 8. The maximum Gasteiger partial charge on any atom is 0.331 e. The van der Waals surface area contributed by atoms with Crippen molar-refractivity contribution in [1.82, 2.24) is 0 Å². The van der Waals surface area contributed by atoms with Crippen LogP contribution in [0.5, 0.6) is 46.0 Å². The second-order valence-corrected chi connectivity index (χ2v) is 15.8. The number of aromatic hydroxyl groups is 5. The first-order valence-corrected chi connectivity index (χ1v) is 20.4. The minimum absolute atomic E-state index is 0.0873. The van der Waals surface area contributed by atoms with Crippen LogP contribution in [0.4, 0.5) is 0 Å². The molecule has 0 bridgehead atoms. The van der Waals surface area contributed by atoms with E-state index in [0.29, 0.717) is 5.56 Å². The van der Waals surface area contributed by atoms with Gasteiger partial charge >= 0.3 is 5.97 Å². The minimum atomic E-state index is -2.27. The lowest BCUT2D eigenvalue weighted by Gasteiger charge is -2.44. The molecule has 370 valence electrons. The molecule has 0 aliphatic carbocycles. The Kier molecular flexibility index (Phi) is 14.9. The van der Waals surface area contributed by atoms with E-state index in [1.807, 2.05) is 0 Å². The Labute approximate surface area is 382 Å². The van der Waals surface area contributed by atoms with Crippen LogP contribution < -0.4 is 19.6 Å². The molecule has 0 amide bonds. The van der Waals surface area contributed by atoms with Crippen LogP contribution in [0.1, 0.15) is 5.56 Å². The summed E-state index contributed by atoms with van der Waals surface area (Å²) in [4.78, 5) is 27.5. The zero-order valence-electron chi connectivity index (χ0n) is 35.7. The number of aliphatic hydroxyl groups excluding tert-OH is 7. The van der Waals surface area contributed by atoms with Crippen LogP contribution in [0.2, 0.25) is 0 Å². The molecule has 0 unspecified atom stereocenters. The highest BCUT2D eigenvalue weighted by molar-refractivity contribution is 5.91. The molecule has 25 nitrogen and oxygen atoms in total. The first kappa shape index (κ1) is 49.9. The van der Waals surface area contributed by atoms with Crippen LogP contribution in [0.15, 0.2) is 57.8 Å². The zero-order valence-corrected chi connectivity index (χ0v) is 35.7. The van der Waals surface area contributed by atoms with Crippen molar-refractivity contribution in [3.8, 4) is 57.3 Å². The molecule has 3 aliphatic rings. The molecular formula is C43H48O25. The Morgan fingerprint density at radius 1 is 0.779 bits per heavy atom. The summed E-state index contributed by atoms with van der Waals surface area (Å²) in [7, 11) is 2.38. The number of fused-ring (bicyclic) bond motifs is 1. The van der Waals surface area contributed by atoms with Crippen LogP contribution in [0.3, 0.4) is 0 Å². The third-order valence-electron chi connectivity index (χ3n) is 11.4. The van der Waals surface area contributed by atoms with Crippen LogP contribution in [-0.4, -0.2) is 192 Å². The Bertz CT molecular complexity index is 2550. The molecule has 0 spiro atoms. The lowest BCUT2D eigenvalue weighted by Crippen LogP contribution is -2.64. The van der Waals surface area contributed by atoms with Gasteiger partial charge in [-0.25, -0.2) is 4.79 Å². The molecule has 25 heteroatoms. The van der Waals surface area contributed by atoms with Gasteiger partial charge in [0.15, 0.2) is 65.0 Å². The Morgan fingerprint density at radius 3 is 2.13 bits per heavy atom. The van der Waals surface area contributed by atoms with Crippen molar-refractivity contribution in [1.29, 1.82) is 0 Å². The van der Waals surface area contributed by atoms with E-state index >= 15 is 0 Å². The molecule has 13 atom stereocenters. The predicted octanol–water partition coefficient (Wildman–Crippen LogP) is -2.26. The van der Waals surface area contributed by atoms with Crippen molar-refractivity contribution in [3.05, 3.63) is 64.3 Å². The van der Waals surface area contributed by atoms with E-state index < -0.39 is 168 Å². The highest BCUT2D eigenvalue weighted by Gasteiger charge is 2.55. The number of carbonyl (C=O) groups excluding carboxylic acids is 1. The molecule has 3 saturated heterocycles. The monoisotopic (exact) mass is 964 g/mol. The van der Waals surface area contributed by atoms with E-state index in [9.17, 15) is 76.0 Å². The van der Waals surface area contributed by atoms with Crippen molar-refractivity contribution in [2.24, 2.45) is 0 Å². The Hall–Kier alpha value is -6.04. The number of methoxy groups -OCH3 is 2. The summed E-state index contributed by atoms with van der Waals surface area (Å²) in [6, 6.07) is 8.17. The lowest BCUT2D eigenvalue weighted by molar-refractivity contribution is -0.338. The molecule has 7 rings (SSSR count). The second kappa shape index (κ2) is 20.3. The number of ether oxygens (including phenoxy) is 9. The summed E-state index contributed by atoms with van der Waals surface area (Å²) in [6.45, 7) is -3.48. The molecular weight excluding hydrogens is 916 g/mol. The first-order valence-electron chi connectivity index (χ1n) is 20.4. The maximum atomic E-state index is 14.4. The van der Waals surface area contributed by atoms with Gasteiger partial charge in [0.25, 0.3) is 0 Å². The minimum Gasteiger partial charge on any atom is -0.504 e. The Balaban J connectivity index is 1.23. The highest BCUT2D eigenvalue weighted by atomic mass is 16.8. The molecule has 0 saturated carbocycles. The second-order valence-electron chi connectivity index (χ2n) is 15.8. The highest BCUT2D eigenvalue weighted by Crippen LogP contribution is 2.45. The van der Waals surface area contributed by atoms with E-state index in [-0.39, 0.29) is 17.1 Å². The molecule has 4 heterocycles. The summed E-state index contributed by atoms with van der Waals surface area (Å²) >= 11 is 0. The van der Waals surface area contributed by atoms with Gasteiger partial charge in [-0.2, -0.15) is 0 Å². The third kappa shape index (κ3) is 9.65. The number of carbonyl (C=O) groups is 1. The lowest BCUT2D eigenvalue weighted by atomic mass is 9.97. The number of phenols is 5. The van der Waals surface area contributed by atoms with Gasteiger partial charge < -0.3 is 113 Å². The van der Waals surface area contributed by atoms with Crippen molar-refractivity contribution >= 4 is 23.0 Å². The largest absolute Gasteiger partial charge is 0.504 e. The summed E-state index contributed by atoms with van der Waals surface area (Å²) in [5.74, 6) is -6.12. The molecule has 68 heavy (non-hydrogen) atoms. The number of hydrogen-bond acceptors (Lipinski definition) is 25. The SMILES string of the molecule is COc1cc(C=CC(=O)O[C@H]2[C@H](OC[C@H]3O[C@@H](Oc4c(-c5ccc(O)c(O)c5)oc5cc(O)c(OC)c(O)c5c4=O)[C@H](O[C@@H]4OC[C@](O)(CO)[C@H]4O)[C@@H](O)[C@@H]3O)O[C@H](CO)[C@@H](O)[C@@H]2O)ccc1O. The Morgan fingerprint density at radius 2 is 1.47 bits per heavy atom. The van der Waals surface area contributed by atoms with Crippen molar-refractivity contribution in [3.63, 3.8) is 0 Å². The standard InChI is InChI=1S/C43H48O25/c1-59-22-9-16(3-6-19(22)47)4-8-26(50)66-37-32(55)28(51)24(12-44)64-40(37)61-13-25-29(52)33(56)38(68-42-39(57)43(58,14-45)15-62-42)41(65-25)67-36-31(54)27-23(11-21(49)35(60-2)30(27)53)63-34(36)17-5-7-18(46)20(48)10-17/h3-11,24-25,28-29,32-33,37-42,44-49,51-53,55-58H,12-15H2,1-2H3/t24-,25-,28-,29-,32+,33+,37-,38-,39+,40-,41+,42+,43-/m1/s1. The number of phenolic OH excluding ortho intramolecular Hbond substituents is 5. The number of benzene rings is 3. The molecule has 1 aromatic heterocycles. The predicted molar refractivity (Wildman–Crippen MR) is 222 cm³/mol. The van der Waals surface area contributed by atoms with E-state index in [1.165, 1.54) is 31.4 Å². The van der Waals surface area contributed by atoms with Gasteiger partial charge in [0.1, 0.15) is 59.3 Å². The fourth-order valence-corrected chi connectivity index (χ4v) is 7.55. The number of rotatable bonds is 15. The molecule has 3 fully saturated rings. The van der Waals surface area contributed by atoms with Gasteiger partial charge in [0, 0.05) is 17.7 Å². The van der Waals surface area contributed by atoms with Gasteiger partial charge in [-0.1, -0.05) is 6.07 Å². The van der Waals surface area contributed by atoms with Crippen LogP contribution in [-0.2, 0) is 33.2 Å². The van der Waals surface area contributed by atoms with Gasteiger partial charge in [0.05, 0.1) is 40.6 Å². The van der Waals surface area contributed by atoms with E-state index in [4.69, 9.17) is 47.0 Å². The zero-order chi connectivity index (χ0) is 49.4. The molecule has 3 aromatic carbocycles. The molecule has 3 aliphatic heterocycles. The van der Waals surface area contributed by atoms with Gasteiger partial charge in [-0.15, -0.1) is 0 Å². The third-order valence-corrected chi connectivity index (χ3v) is 11.4. The van der Waals surface area contributed by atoms with Gasteiger partial charge in [-0.05, 0) is 42.0 Å². The average molecular weight is 965 g/mol. The quantitative estimate of drug-likeness (QED) is 0.0340. The van der Waals surface area contributed by atoms with E-state index in [2.05, 4.69) is 0 Å². The molecule has 13 N–H and O–H groups in total. The number of esters is 1. The van der Waals surface area contributed by atoms with E-state index in [1.54, 1.807) is 0 Å². The maximum absolute atomic E-state index is 14.4. The first-order chi connectivity index (χ1) is 32.3. The van der Waals surface area contributed by atoms with E-state index in [0.717, 1.165) is 37.5 Å². The summed E-state index contributed by atoms with van der Waals surface area (Å²) in [5.41, 5.74) is -3.75. The van der Waals surface area contributed by atoms with Gasteiger partial charge in [0.2, 0.25) is 23.2 Å². The molecule has 4 aromatic rings. The van der Waals surface area contributed by atoms with Crippen molar-refractivity contribution < 1.29 is 118 Å². The smallest absolute Gasteiger partial charge is 0.331 e. The summed E-state index contributed by atoms with van der Waals surface area (Å²) < 4.78 is 56.1. The average Bonchev–Trinajstić information content (AvgIpc) is 3.60. The number of hydrogen-bond donors (Lipinski definition) is 13.